The second-order valence-electron chi connectivity index (χ2n) is 2.72. The minimum atomic E-state index is -1.36. The van der Waals surface area contributed by atoms with Crippen LogP contribution < -0.4 is 0 Å². The van der Waals surface area contributed by atoms with Gasteiger partial charge in [0.2, 0.25) is 0 Å². The number of hydrogen-bond donors (Lipinski definition) is 1. The molecule has 0 unspecified atom stereocenters. The van der Waals surface area contributed by atoms with Gasteiger partial charge in [0, 0.05) is 10.9 Å². The van der Waals surface area contributed by atoms with Crippen LogP contribution in [0, 0.1) is 11.6 Å². The highest BCUT2D eigenvalue weighted by molar-refractivity contribution is 9.09. The van der Waals surface area contributed by atoms with Crippen molar-refractivity contribution in [2.75, 3.05) is 5.33 Å². The zero-order valence-corrected chi connectivity index (χ0v) is 9.09. The molecule has 0 atom stereocenters. The van der Waals surface area contributed by atoms with Gasteiger partial charge in [-0.3, -0.25) is 0 Å². The summed E-state index contributed by atoms with van der Waals surface area (Å²) in [5.41, 5.74) is -0.638. The number of carboxylic acids is 1. The Balaban J connectivity index is 3.21. The second-order valence-corrected chi connectivity index (χ2v) is 3.36. The van der Waals surface area contributed by atoms with E-state index in [1.54, 1.807) is 0 Å². The van der Waals surface area contributed by atoms with Crippen LogP contribution in [0.25, 0.3) is 6.08 Å². The van der Waals surface area contributed by atoms with E-state index in [1.807, 2.05) is 0 Å². The van der Waals surface area contributed by atoms with E-state index < -0.39 is 23.2 Å². The number of aromatic carboxylic acids is 1. The summed E-state index contributed by atoms with van der Waals surface area (Å²) >= 11 is 3.07. The molecule has 0 aliphatic carbocycles. The maximum absolute atomic E-state index is 13.2. The van der Waals surface area contributed by atoms with Crippen molar-refractivity contribution < 1.29 is 18.7 Å². The quantitative estimate of drug-likeness (QED) is 0.862. The van der Waals surface area contributed by atoms with Gasteiger partial charge in [0.1, 0.15) is 11.6 Å². The maximum Gasteiger partial charge on any atom is 0.335 e. The predicted molar refractivity (Wildman–Crippen MR) is 56.1 cm³/mol. The van der Waals surface area contributed by atoms with Gasteiger partial charge in [0.05, 0.1) is 5.56 Å². The number of hydrogen-bond acceptors (Lipinski definition) is 1. The molecule has 0 saturated carbocycles. The fraction of sp³-hybridized carbons (Fsp3) is 0.100. The number of halogens is 3. The summed E-state index contributed by atoms with van der Waals surface area (Å²) in [6.45, 7) is 0. The highest BCUT2D eigenvalue weighted by Crippen LogP contribution is 2.17. The Morgan fingerprint density at radius 1 is 1.40 bits per heavy atom. The van der Waals surface area contributed by atoms with Crippen LogP contribution in [0.3, 0.4) is 0 Å². The molecule has 0 aromatic heterocycles. The lowest BCUT2D eigenvalue weighted by molar-refractivity contribution is 0.0695. The first-order valence-corrected chi connectivity index (χ1v) is 5.13. The Morgan fingerprint density at radius 2 is 1.93 bits per heavy atom. The third-order valence-corrected chi connectivity index (χ3v) is 2.07. The van der Waals surface area contributed by atoms with Crippen molar-refractivity contribution in [2.45, 2.75) is 0 Å². The van der Waals surface area contributed by atoms with Gasteiger partial charge in [-0.25, -0.2) is 13.6 Å². The summed E-state index contributed by atoms with van der Waals surface area (Å²) in [4.78, 5) is 10.5. The normalized spacial score (nSPS) is 10.9. The Hall–Kier alpha value is -1.23. The first-order chi connectivity index (χ1) is 7.06. The molecule has 15 heavy (non-hydrogen) atoms. The van der Waals surface area contributed by atoms with Gasteiger partial charge in [-0.05, 0) is 12.1 Å². The number of allylic oxidation sites excluding steroid dienone is 1. The molecule has 0 aliphatic heterocycles. The Labute approximate surface area is 93.4 Å². The average molecular weight is 277 g/mol. The van der Waals surface area contributed by atoms with Crippen LogP contribution in [0.1, 0.15) is 15.9 Å². The summed E-state index contributed by atoms with van der Waals surface area (Å²) in [5, 5.41) is 9.01. The molecule has 1 aromatic carbocycles. The lowest BCUT2D eigenvalue weighted by Gasteiger charge is -2.01. The highest BCUT2D eigenvalue weighted by Gasteiger charge is 2.12. The van der Waals surface area contributed by atoms with E-state index >= 15 is 0 Å². The van der Waals surface area contributed by atoms with Crippen LogP contribution in [0.4, 0.5) is 8.78 Å². The van der Waals surface area contributed by atoms with Crippen molar-refractivity contribution in [3.63, 3.8) is 0 Å². The maximum atomic E-state index is 13.2. The molecule has 0 heterocycles. The topological polar surface area (TPSA) is 37.3 Å². The van der Waals surface area contributed by atoms with Crippen molar-refractivity contribution in [1.29, 1.82) is 0 Å². The number of carboxylic acid groups (broad SMARTS) is 1. The van der Waals surface area contributed by atoms with E-state index in [-0.39, 0.29) is 5.56 Å². The van der Waals surface area contributed by atoms with Crippen molar-refractivity contribution in [3.8, 4) is 0 Å². The van der Waals surface area contributed by atoms with Crippen LogP contribution in [0.15, 0.2) is 18.2 Å². The molecule has 80 valence electrons. The molecule has 0 radical (unpaired) electrons. The molecule has 0 aliphatic rings. The monoisotopic (exact) mass is 276 g/mol. The van der Waals surface area contributed by atoms with Crippen molar-refractivity contribution in [2.24, 2.45) is 0 Å². The molecule has 0 amide bonds. The number of carbonyl (C=O) groups is 1. The number of rotatable bonds is 3. The molecule has 1 N–H and O–H groups in total. The third kappa shape index (κ3) is 2.86. The van der Waals surface area contributed by atoms with Crippen LogP contribution in [0.5, 0.6) is 0 Å². The summed E-state index contributed by atoms with van der Waals surface area (Å²) in [6, 6.07) is 1.58. The molecule has 0 saturated heterocycles. The molecule has 0 fully saturated rings. The molecular formula is C10H7BrF2O2. The zero-order chi connectivity index (χ0) is 11.4. The Kier molecular flexibility index (Phi) is 3.96. The zero-order valence-electron chi connectivity index (χ0n) is 7.51. The Bertz CT molecular complexity index is 393. The van der Waals surface area contributed by atoms with Gasteiger partial charge in [-0.2, -0.15) is 0 Å². The molecular weight excluding hydrogens is 270 g/mol. The van der Waals surface area contributed by atoms with Crippen LogP contribution in [-0.4, -0.2) is 16.4 Å². The lowest BCUT2D eigenvalue weighted by atomic mass is 10.1. The molecule has 2 nitrogen and oxygen atoms in total. The SMILES string of the molecule is O=C(O)c1cc(F)c(C=CCBr)c(F)c1. The van der Waals surface area contributed by atoms with Crippen molar-refractivity contribution in [3.05, 3.63) is 41.0 Å². The lowest BCUT2D eigenvalue weighted by Crippen LogP contribution is -2.00. The van der Waals surface area contributed by atoms with E-state index in [0.29, 0.717) is 5.33 Å². The summed E-state index contributed by atoms with van der Waals surface area (Å²) < 4.78 is 26.4. The molecule has 1 aromatic rings. The van der Waals surface area contributed by atoms with Crippen molar-refractivity contribution >= 4 is 28.0 Å². The van der Waals surface area contributed by atoms with E-state index in [4.69, 9.17) is 5.11 Å². The van der Waals surface area contributed by atoms with E-state index in [2.05, 4.69) is 15.9 Å². The fourth-order valence-corrected chi connectivity index (χ4v) is 1.22. The number of alkyl halides is 1. The summed E-state index contributed by atoms with van der Waals surface area (Å²) in [5.74, 6) is -3.13. The van der Waals surface area contributed by atoms with Crippen molar-refractivity contribution in [1.82, 2.24) is 0 Å². The van der Waals surface area contributed by atoms with E-state index in [9.17, 15) is 13.6 Å². The second kappa shape index (κ2) is 5.02. The van der Waals surface area contributed by atoms with Gasteiger partial charge in [0.15, 0.2) is 0 Å². The van der Waals surface area contributed by atoms with E-state index in [0.717, 1.165) is 12.1 Å². The van der Waals surface area contributed by atoms with Gasteiger partial charge in [-0.1, -0.05) is 28.1 Å². The minimum absolute atomic E-state index is 0.237. The number of benzene rings is 1. The van der Waals surface area contributed by atoms with Gasteiger partial charge < -0.3 is 5.11 Å². The third-order valence-electron chi connectivity index (χ3n) is 1.70. The minimum Gasteiger partial charge on any atom is -0.478 e. The molecule has 0 spiro atoms. The highest BCUT2D eigenvalue weighted by atomic mass is 79.9. The first-order valence-electron chi connectivity index (χ1n) is 4.01. The van der Waals surface area contributed by atoms with Gasteiger partial charge >= 0.3 is 5.97 Å². The summed E-state index contributed by atoms with van der Waals surface area (Å²) in [7, 11) is 0. The van der Waals surface area contributed by atoms with Crippen LogP contribution in [0.2, 0.25) is 0 Å². The molecule has 0 bridgehead atoms. The van der Waals surface area contributed by atoms with Gasteiger partial charge in [0.25, 0.3) is 0 Å². The average Bonchev–Trinajstić information content (AvgIpc) is 2.16. The van der Waals surface area contributed by atoms with Crippen LogP contribution >= 0.6 is 15.9 Å². The van der Waals surface area contributed by atoms with Gasteiger partial charge in [-0.15, -0.1) is 0 Å². The van der Waals surface area contributed by atoms with E-state index in [1.165, 1.54) is 12.2 Å². The fourth-order valence-electron chi connectivity index (χ4n) is 1.03. The smallest absolute Gasteiger partial charge is 0.335 e. The molecule has 5 heteroatoms. The molecule has 1 rings (SSSR count). The van der Waals surface area contributed by atoms with Crippen LogP contribution in [-0.2, 0) is 0 Å². The largest absolute Gasteiger partial charge is 0.478 e. The Morgan fingerprint density at radius 3 is 2.33 bits per heavy atom. The first kappa shape index (κ1) is 11.8. The standard InChI is InChI=1S/C10H7BrF2O2/c11-3-1-2-7-8(12)4-6(10(14)15)5-9(7)13/h1-2,4-5H,3H2,(H,14,15). The summed E-state index contributed by atoms with van der Waals surface area (Å²) in [6.07, 6.45) is 2.77. The predicted octanol–water partition coefficient (Wildman–Crippen LogP) is 3.07.